The molecular formula is C24H52NaO14P. The van der Waals surface area contributed by atoms with Crippen LogP contribution in [0.5, 0.6) is 0 Å². The van der Waals surface area contributed by atoms with Crippen molar-refractivity contribution in [2.45, 2.75) is 92.1 Å². The van der Waals surface area contributed by atoms with Crippen molar-refractivity contribution in [3.05, 3.63) is 0 Å². The molecule has 0 aliphatic heterocycles. The predicted molar refractivity (Wildman–Crippen MR) is 143 cm³/mol. The number of unbranched alkanes of at least 4 members (excludes halogenated alkanes) is 2. The molecule has 0 radical (unpaired) electrons. The fraction of sp³-hybridized carbons (Fsp3) is 0.875. The summed E-state index contributed by atoms with van der Waals surface area (Å²) in [4.78, 5) is 52.5. The molecular weight excluding hydrogens is 566 g/mol. The van der Waals surface area contributed by atoms with E-state index < -0.39 is 64.5 Å². The van der Waals surface area contributed by atoms with Crippen molar-refractivity contribution >= 4 is 26.5 Å². The molecule has 0 aliphatic carbocycles. The average Bonchev–Trinajstić information content (AvgIpc) is 2.82. The van der Waals surface area contributed by atoms with Gasteiger partial charge in [-0.2, -0.15) is 0 Å². The number of aliphatic carboxylic acids is 3. The molecule has 0 fully saturated rings. The molecule has 0 aromatic carbocycles. The minimum atomic E-state index is -2.87. The number of carboxylic acid groups (broad SMARTS) is 3. The quantitative estimate of drug-likeness (QED) is 0.0517. The van der Waals surface area contributed by atoms with Crippen LogP contribution in [0.15, 0.2) is 0 Å². The van der Waals surface area contributed by atoms with Gasteiger partial charge < -0.3 is 55.5 Å². The summed E-state index contributed by atoms with van der Waals surface area (Å²) < 4.78 is 0. The summed E-state index contributed by atoms with van der Waals surface area (Å²) in [7, 11) is -2.87. The normalized spacial score (nSPS) is 10.8. The van der Waals surface area contributed by atoms with E-state index in [1.165, 1.54) is 6.92 Å². The summed E-state index contributed by atoms with van der Waals surface area (Å²) in [6, 6.07) is 0. The fourth-order valence-corrected chi connectivity index (χ4v) is 1.96. The molecule has 0 heterocycles. The fourth-order valence-electron chi connectivity index (χ4n) is 1.96. The number of carboxylic acids is 3. The Morgan fingerprint density at radius 2 is 0.900 bits per heavy atom. The third kappa shape index (κ3) is 57.4. The number of carbonyl (C=O) groups is 3. The zero-order valence-electron chi connectivity index (χ0n) is 24.8. The Morgan fingerprint density at radius 1 is 0.675 bits per heavy atom. The summed E-state index contributed by atoms with van der Waals surface area (Å²) >= 11 is 0. The van der Waals surface area contributed by atoms with Crippen LogP contribution in [0.25, 0.3) is 0 Å². The van der Waals surface area contributed by atoms with Gasteiger partial charge in [0.15, 0.2) is 0 Å². The van der Waals surface area contributed by atoms with E-state index in [0.717, 1.165) is 38.5 Å². The molecule has 0 saturated heterocycles. The number of aliphatic hydroxyl groups excluding tert-OH is 5. The van der Waals surface area contributed by atoms with E-state index in [1.807, 2.05) is 0 Å². The molecule has 16 heteroatoms. The zero-order valence-corrected chi connectivity index (χ0v) is 27.7. The summed E-state index contributed by atoms with van der Waals surface area (Å²) in [6.45, 7) is 8.19. The average molecular weight is 619 g/mol. The Morgan fingerprint density at radius 3 is 1.00 bits per heavy atom. The molecule has 1 unspecified atom stereocenters. The van der Waals surface area contributed by atoms with E-state index in [0.29, 0.717) is 24.7 Å². The molecule has 0 aliphatic rings. The van der Waals surface area contributed by atoms with Gasteiger partial charge in [0, 0.05) is 12.8 Å². The SMILES string of the molecule is CC(C)CCCCC(=O)O.CC(C)CCCCC(=O)O.CC(O)C(=O)O.OCC(CO)(CO)CO.[Na+].[O-]P(O)O. The van der Waals surface area contributed by atoms with E-state index in [2.05, 4.69) is 27.7 Å². The van der Waals surface area contributed by atoms with Crippen molar-refractivity contribution in [1.82, 2.24) is 0 Å². The smallest absolute Gasteiger partial charge is 0.786 e. The third-order valence-electron chi connectivity index (χ3n) is 4.54. The first-order valence-electron chi connectivity index (χ1n) is 12.5. The first-order valence-corrected chi connectivity index (χ1v) is 13.7. The predicted octanol–water partition coefficient (Wildman–Crippen LogP) is -2.47. The van der Waals surface area contributed by atoms with Crippen LogP contribution in [-0.2, 0) is 14.4 Å². The largest absolute Gasteiger partial charge is 1.00 e. The van der Waals surface area contributed by atoms with Crippen LogP contribution < -0.4 is 34.5 Å². The summed E-state index contributed by atoms with van der Waals surface area (Å²) in [6.07, 6.45) is 5.46. The second kappa shape index (κ2) is 36.5. The van der Waals surface area contributed by atoms with E-state index in [4.69, 9.17) is 55.5 Å². The molecule has 0 spiro atoms. The van der Waals surface area contributed by atoms with Crippen molar-refractivity contribution < 1.29 is 99.5 Å². The van der Waals surface area contributed by atoms with E-state index in [-0.39, 0.29) is 29.6 Å². The van der Waals surface area contributed by atoms with Gasteiger partial charge in [-0.25, -0.2) is 4.79 Å². The number of hydrogen-bond acceptors (Lipinski definition) is 11. The van der Waals surface area contributed by atoms with Gasteiger partial charge in [0.25, 0.3) is 0 Å². The molecule has 14 nitrogen and oxygen atoms in total. The molecule has 40 heavy (non-hydrogen) atoms. The van der Waals surface area contributed by atoms with Gasteiger partial charge in [0.05, 0.1) is 40.4 Å². The zero-order chi connectivity index (χ0) is 32.0. The Bertz CT molecular complexity index is 513. The third-order valence-corrected chi connectivity index (χ3v) is 4.54. The molecule has 0 saturated carbocycles. The van der Waals surface area contributed by atoms with Gasteiger partial charge in [-0.1, -0.05) is 53.4 Å². The molecule has 0 aromatic rings. The van der Waals surface area contributed by atoms with Crippen LogP contribution in [0.4, 0.5) is 0 Å². The van der Waals surface area contributed by atoms with E-state index in [9.17, 15) is 14.4 Å². The van der Waals surface area contributed by atoms with Gasteiger partial charge in [0.1, 0.15) is 6.10 Å². The minimum Gasteiger partial charge on any atom is -0.786 e. The maximum absolute atomic E-state index is 10.0. The molecule has 10 N–H and O–H groups in total. The Hall–Kier alpha value is -0.480. The van der Waals surface area contributed by atoms with Crippen molar-refractivity contribution in [3.8, 4) is 0 Å². The molecule has 0 amide bonds. The second-order valence-electron chi connectivity index (χ2n) is 9.47. The maximum atomic E-state index is 10.0. The molecule has 0 aromatic heterocycles. The summed E-state index contributed by atoms with van der Waals surface area (Å²) in [5, 5.41) is 66.3. The number of hydrogen-bond donors (Lipinski definition) is 10. The van der Waals surface area contributed by atoms with Crippen LogP contribution in [0.3, 0.4) is 0 Å². The number of aliphatic hydroxyl groups is 5. The van der Waals surface area contributed by atoms with Gasteiger partial charge in [-0.15, -0.1) is 0 Å². The first kappa shape index (κ1) is 52.2. The monoisotopic (exact) mass is 618 g/mol. The molecule has 0 rings (SSSR count). The molecule has 238 valence electrons. The maximum Gasteiger partial charge on any atom is 1.00 e. The van der Waals surface area contributed by atoms with E-state index >= 15 is 0 Å². The van der Waals surface area contributed by atoms with Crippen LogP contribution in [-0.4, -0.2) is 101 Å². The second-order valence-corrected chi connectivity index (χ2v) is 9.97. The number of rotatable bonds is 15. The first-order chi connectivity index (χ1) is 17.9. The van der Waals surface area contributed by atoms with Crippen molar-refractivity contribution in [2.24, 2.45) is 17.3 Å². The Labute approximate surface area is 261 Å². The Balaban J connectivity index is -0.0000000925. The van der Waals surface area contributed by atoms with E-state index in [1.54, 1.807) is 0 Å². The van der Waals surface area contributed by atoms with Gasteiger partial charge in [0.2, 0.25) is 0 Å². The van der Waals surface area contributed by atoms with Crippen molar-refractivity contribution in [1.29, 1.82) is 0 Å². The van der Waals surface area contributed by atoms with Crippen molar-refractivity contribution in [3.63, 3.8) is 0 Å². The van der Waals surface area contributed by atoms with Gasteiger partial charge in [-0.3, -0.25) is 9.59 Å². The Kier molecular flexibility index (Phi) is 47.7. The summed E-state index contributed by atoms with van der Waals surface area (Å²) in [5.41, 5.74) is -1.11. The topological polar surface area (TPSA) is 277 Å². The minimum absolute atomic E-state index is 0. The van der Waals surface area contributed by atoms with Crippen LogP contribution in [0, 0.1) is 17.3 Å². The standard InChI is InChI=1S/2C8H16O2.C5H12O4.C3H6O3.Na.H2O3P/c2*1-7(2)5-3-4-6-8(9)10;6-1-5(2-7,3-8)4-9;1-2(4)3(5)6;;1-4(2)3/h2*7H,3-6H2,1-2H3,(H,9,10);6-9H,1-4H2;2,4H,1H3,(H,5,6);;1-2H/q;;;;+1;-1. The summed E-state index contributed by atoms with van der Waals surface area (Å²) in [5.74, 6) is -1.13. The molecule has 0 bridgehead atoms. The van der Waals surface area contributed by atoms with Crippen molar-refractivity contribution in [2.75, 3.05) is 26.4 Å². The van der Waals surface area contributed by atoms with Crippen LogP contribution in [0.2, 0.25) is 0 Å². The van der Waals surface area contributed by atoms with Gasteiger partial charge >= 0.3 is 47.5 Å². The van der Waals surface area contributed by atoms with Gasteiger partial charge in [-0.05, 0) is 31.6 Å². The van der Waals surface area contributed by atoms with Crippen LogP contribution in [0.1, 0.15) is 86.0 Å². The van der Waals surface area contributed by atoms with Crippen LogP contribution >= 0.6 is 8.60 Å². The molecule has 1 atom stereocenters.